The summed E-state index contributed by atoms with van der Waals surface area (Å²) in [6, 6.07) is 14.0. The highest BCUT2D eigenvalue weighted by atomic mass is 16.2. The fourth-order valence-electron chi connectivity index (χ4n) is 2.16. The SMILES string of the molecule is N#Cc1ccc(NCC(=O)Nc2ccc3[nH]c(=O)[nH]c3c2)cc1. The topological polar surface area (TPSA) is 114 Å². The number of carbonyl (C=O) groups excluding carboxylic acids is 1. The summed E-state index contributed by atoms with van der Waals surface area (Å²) in [7, 11) is 0. The van der Waals surface area contributed by atoms with Crippen LogP contribution >= 0.6 is 0 Å². The molecule has 7 heteroatoms. The quantitative estimate of drug-likeness (QED) is 0.588. The maximum atomic E-state index is 11.9. The number of rotatable bonds is 4. The number of aromatic amines is 2. The van der Waals surface area contributed by atoms with Crippen LogP contribution in [0.3, 0.4) is 0 Å². The normalized spacial score (nSPS) is 10.2. The summed E-state index contributed by atoms with van der Waals surface area (Å²) < 4.78 is 0. The fourth-order valence-corrected chi connectivity index (χ4v) is 2.16. The summed E-state index contributed by atoms with van der Waals surface area (Å²) in [6.45, 7) is 0.0909. The van der Waals surface area contributed by atoms with Gasteiger partial charge in [-0.3, -0.25) is 4.79 Å². The van der Waals surface area contributed by atoms with Crippen LogP contribution in [0, 0.1) is 11.3 Å². The van der Waals surface area contributed by atoms with E-state index in [2.05, 4.69) is 20.6 Å². The van der Waals surface area contributed by atoms with E-state index >= 15 is 0 Å². The Morgan fingerprint density at radius 2 is 1.74 bits per heavy atom. The molecule has 1 amide bonds. The summed E-state index contributed by atoms with van der Waals surface area (Å²) in [5.74, 6) is -0.216. The Morgan fingerprint density at radius 3 is 2.48 bits per heavy atom. The molecule has 0 aliphatic rings. The molecule has 0 bridgehead atoms. The summed E-state index contributed by atoms with van der Waals surface area (Å²) in [5.41, 5.74) is 2.94. The van der Waals surface area contributed by atoms with Crippen LogP contribution in [0.2, 0.25) is 0 Å². The first-order valence-corrected chi connectivity index (χ1v) is 6.90. The maximum Gasteiger partial charge on any atom is 0.323 e. The van der Waals surface area contributed by atoms with E-state index < -0.39 is 0 Å². The maximum absolute atomic E-state index is 11.9. The molecule has 0 radical (unpaired) electrons. The molecule has 0 saturated carbocycles. The number of carbonyl (C=O) groups is 1. The molecule has 0 spiro atoms. The van der Waals surface area contributed by atoms with E-state index in [1.807, 2.05) is 6.07 Å². The number of aromatic nitrogens is 2. The number of nitrogens with zero attached hydrogens (tertiary/aromatic N) is 1. The second-order valence-corrected chi connectivity index (χ2v) is 4.93. The van der Waals surface area contributed by atoms with Gasteiger partial charge in [-0.1, -0.05) is 0 Å². The molecule has 3 rings (SSSR count). The van der Waals surface area contributed by atoms with Crippen molar-refractivity contribution in [2.24, 2.45) is 0 Å². The molecule has 3 aromatic rings. The van der Waals surface area contributed by atoms with Crippen molar-refractivity contribution in [2.45, 2.75) is 0 Å². The minimum atomic E-state index is -0.286. The number of H-pyrrole nitrogens is 2. The number of nitrogens with one attached hydrogen (secondary N) is 4. The van der Waals surface area contributed by atoms with E-state index in [-0.39, 0.29) is 18.1 Å². The van der Waals surface area contributed by atoms with Gasteiger partial charge in [-0.25, -0.2) is 4.79 Å². The largest absolute Gasteiger partial charge is 0.376 e. The lowest BCUT2D eigenvalue weighted by atomic mass is 10.2. The lowest BCUT2D eigenvalue weighted by Gasteiger charge is -2.08. The van der Waals surface area contributed by atoms with Crippen molar-refractivity contribution in [3.8, 4) is 6.07 Å². The summed E-state index contributed by atoms with van der Waals surface area (Å²) in [5, 5.41) is 14.4. The highest BCUT2D eigenvalue weighted by Gasteiger charge is 2.05. The van der Waals surface area contributed by atoms with E-state index in [1.54, 1.807) is 42.5 Å². The van der Waals surface area contributed by atoms with Crippen molar-refractivity contribution in [2.75, 3.05) is 17.2 Å². The first-order valence-electron chi connectivity index (χ1n) is 6.90. The number of nitriles is 1. The van der Waals surface area contributed by atoms with Gasteiger partial charge in [-0.2, -0.15) is 5.26 Å². The fraction of sp³-hybridized carbons (Fsp3) is 0.0625. The van der Waals surface area contributed by atoms with Crippen LogP contribution in [0.1, 0.15) is 5.56 Å². The molecule has 0 fully saturated rings. The zero-order chi connectivity index (χ0) is 16.2. The average molecular weight is 307 g/mol. The second kappa shape index (κ2) is 6.07. The van der Waals surface area contributed by atoms with Gasteiger partial charge in [0.05, 0.1) is 29.2 Å². The van der Waals surface area contributed by atoms with E-state index in [1.165, 1.54) is 0 Å². The van der Waals surface area contributed by atoms with Crippen LogP contribution in [-0.2, 0) is 4.79 Å². The lowest BCUT2D eigenvalue weighted by Crippen LogP contribution is -2.21. The number of hydrogen-bond acceptors (Lipinski definition) is 4. The van der Waals surface area contributed by atoms with E-state index in [4.69, 9.17) is 5.26 Å². The van der Waals surface area contributed by atoms with E-state index in [9.17, 15) is 9.59 Å². The van der Waals surface area contributed by atoms with Crippen molar-refractivity contribution in [1.82, 2.24) is 9.97 Å². The summed E-state index contributed by atoms with van der Waals surface area (Å²) in [6.07, 6.45) is 0. The van der Waals surface area contributed by atoms with Gasteiger partial charge in [0.2, 0.25) is 5.91 Å². The van der Waals surface area contributed by atoms with Crippen LogP contribution in [0.15, 0.2) is 47.3 Å². The van der Waals surface area contributed by atoms with Crippen molar-refractivity contribution in [1.29, 1.82) is 5.26 Å². The van der Waals surface area contributed by atoms with E-state index in [0.717, 1.165) is 5.69 Å². The molecule has 114 valence electrons. The van der Waals surface area contributed by atoms with Gasteiger partial charge in [-0.15, -0.1) is 0 Å². The zero-order valence-corrected chi connectivity index (χ0v) is 12.0. The van der Waals surface area contributed by atoms with Crippen LogP contribution in [0.5, 0.6) is 0 Å². The molecule has 0 unspecified atom stereocenters. The van der Waals surface area contributed by atoms with Gasteiger partial charge < -0.3 is 20.6 Å². The molecule has 1 heterocycles. The predicted molar refractivity (Wildman–Crippen MR) is 87.2 cm³/mol. The predicted octanol–water partition coefficient (Wildman–Crippen LogP) is 1.78. The molecule has 23 heavy (non-hydrogen) atoms. The van der Waals surface area contributed by atoms with Gasteiger partial charge in [0, 0.05) is 11.4 Å². The number of fused-ring (bicyclic) bond motifs is 1. The summed E-state index contributed by atoms with van der Waals surface area (Å²) >= 11 is 0. The minimum Gasteiger partial charge on any atom is -0.376 e. The highest BCUT2D eigenvalue weighted by molar-refractivity contribution is 5.95. The lowest BCUT2D eigenvalue weighted by molar-refractivity contribution is -0.114. The first-order chi connectivity index (χ1) is 11.1. The van der Waals surface area contributed by atoms with Gasteiger partial charge >= 0.3 is 5.69 Å². The number of benzene rings is 2. The Labute approximate surface area is 131 Å². The van der Waals surface area contributed by atoms with Crippen molar-refractivity contribution >= 4 is 28.3 Å². The van der Waals surface area contributed by atoms with Crippen LogP contribution < -0.4 is 16.3 Å². The molecule has 0 saturated heterocycles. The van der Waals surface area contributed by atoms with E-state index in [0.29, 0.717) is 22.3 Å². The highest BCUT2D eigenvalue weighted by Crippen LogP contribution is 2.14. The number of imidazole rings is 1. The smallest absolute Gasteiger partial charge is 0.323 e. The Kier molecular flexibility index (Phi) is 3.80. The van der Waals surface area contributed by atoms with Gasteiger partial charge in [0.1, 0.15) is 0 Å². The summed E-state index contributed by atoms with van der Waals surface area (Å²) in [4.78, 5) is 28.4. The monoisotopic (exact) mass is 307 g/mol. The minimum absolute atomic E-state index is 0.0909. The van der Waals surface area contributed by atoms with Crippen LogP contribution in [-0.4, -0.2) is 22.4 Å². The number of anilines is 2. The number of amides is 1. The Balaban J connectivity index is 1.61. The molecule has 0 aliphatic carbocycles. The Morgan fingerprint density at radius 1 is 1.04 bits per heavy atom. The van der Waals surface area contributed by atoms with Gasteiger partial charge in [-0.05, 0) is 42.5 Å². The third-order valence-electron chi connectivity index (χ3n) is 3.27. The van der Waals surface area contributed by atoms with Gasteiger partial charge in [0.25, 0.3) is 0 Å². The molecular weight excluding hydrogens is 294 g/mol. The number of hydrogen-bond donors (Lipinski definition) is 4. The Hall–Kier alpha value is -3.53. The molecule has 0 aliphatic heterocycles. The van der Waals surface area contributed by atoms with Crippen molar-refractivity contribution in [3.05, 3.63) is 58.5 Å². The molecule has 1 aromatic heterocycles. The Bertz CT molecular complexity index is 947. The zero-order valence-electron chi connectivity index (χ0n) is 12.0. The third-order valence-corrected chi connectivity index (χ3v) is 3.27. The second-order valence-electron chi connectivity index (χ2n) is 4.93. The molecule has 0 atom stereocenters. The molecule has 4 N–H and O–H groups in total. The van der Waals surface area contributed by atoms with Crippen LogP contribution in [0.25, 0.3) is 11.0 Å². The molecule has 7 nitrogen and oxygen atoms in total. The van der Waals surface area contributed by atoms with Crippen molar-refractivity contribution < 1.29 is 4.79 Å². The average Bonchev–Trinajstić information content (AvgIpc) is 2.92. The standard InChI is InChI=1S/C16H13N5O2/c17-8-10-1-3-11(4-2-10)18-9-15(22)19-12-5-6-13-14(7-12)21-16(23)20-13/h1-7,18H,9H2,(H,19,22)(H2,20,21,23). The third kappa shape index (κ3) is 3.39. The van der Waals surface area contributed by atoms with Crippen LogP contribution in [0.4, 0.5) is 11.4 Å². The molecular formula is C16H13N5O2. The molecule has 2 aromatic carbocycles. The van der Waals surface area contributed by atoms with Crippen molar-refractivity contribution in [3.63, 3.8) is 0 Å². The van der Waals surface area contributed by atoms with Gasteiger partial charge in [0.15, 0.2) is 0 Å². The first kappa shape index (κ1) is 14.4.